The van der Waals surface area contributed by atoms with Crippen LogP contribution in [0.4, 0.5) is 10.5 Å². The third kappa shape index (κ3) is 8.39. The molecule has 1 aromatic carbocycles. The Morgan fingerprint density at radius 3 is 2.58 bits per heavy atom. The van der Waals surface area contributed by atoms with Crippen LogP contribution in [0.5, 0.6) is 0 Å². The SMILES string of the molecule is CC(C)C[C@H](CNC(=O)N1CCc2ccccc21)C(=O)N[C@H](C=O)CCC(=O)N(C)CCc1ccncc1. The summed E-state index contributed by atoms with van der Waals surface area (Å²) >= 11 is 0. The zero-order valence-electron chi connectivity index (χ0n) is 22.6. The van der Waals surface area contributed by atoms with E-state index in [2.05, 4.69) is 15.6 Å². The molecule has 2 aromatic rings. The van der Waals surface area contributed by atoms with Gasteiger partial charge in [0.25, 0.3) is 0 Å². The second-order valence-corrected chi connectivity index (χ2v) is 10.3. The Balaban J connectivity index is 1.48. The van der Waals surface area contributed by atoms with Crippen molar-refractivity contribution in [3.63, 3.8) is 0 Å². The summed E-state index contributed by atoms with van der Waals surface area (Å²) in [6, 6.07) is 10.6. The molecule has 0 saturated carbocycles. The molecule has 1 aromatic heterocycles. The molecule has 0 fully saturated rings. The standard InChI is InChI=1S/C29H39N5O4/c1-21(2)18-24(19-31-29(38)34-17-13-23-6-4-5-7-26(23)34)28(37)32-25(20-35)8-9-27(36)33(3)16-12-22-10-14-30-15-11-22/h4-7,10-11,14-15,20-21,24-25H,8-9,12-13,16-19H2,1-3H3,(H,31,38)(H,32,37)/t24-,25+/m1/s1. The normalized spacial score (nSPS) is 13.9. The van der Waals surface area contributed by atoms with Gasteiger partial charge in [0, 0.05) is 51.2 Å². The number of fused-ring (bicyclic) bond motifs is 1. The Morgan fingerprint density at radius 2 is 1.87 bits per heavy atom. The number of hydrogen-bond acceptors (Lipinski definition) is 5. The summed E-state index contributed by atoms with van der Waals surface area (Å²) in [5.41, 5.74) is 3.12. The van der Waals surface area contributed by atoms with Crippen LogP contribution < -0.4 is 15.5 Å². The Morgan fingerprint density at radius 1 is 1.13 bits per heavy atom. The van der Waals surface area contributed by atoms with Crippen LogP contribution in [0.15, 0.2) is 48.8 Å². The van der Waals surface area contributed by atoms with Crippen molar-refractivity contribution in [2.45, 2.75) is 52.0 Å². The first-order chi connectivity index (χ1) is 18.3. The van der Waals surface area contributed by atoms with Crippen molar-refractivity contribution in [1.82, 2.24) is 20.5 Å². The van der Waals surface area contributed by atoms with Gasteiger partial charge in [-0.05, 0) is 60.9 Å². The fourth-order valence-electron chi connectivity index (χ4n) is 4.62. The number of urea groups is 1. The van der Waals surface area contributed by atoms with Crippen LogP contribution in [0.25, 0.3) is 0 Å². The molecule has 38 heavy (non-hydrogen) atoms. The molecule has 0 spiro atoms. The third-order valence-corrected chi connectivity index (χ3v) is 6.83. The molecule has 204 valence electrons. The second-order valence-electron chi connectivity index (χ2n) is 10.3. The first-order valence-corrected chi connectivity index (χ1v) is 13.3. The van der Waals surface area contributed by atoms with E-state index in [9.17, 15) is 19.2 Å². The molecule has 0 radical (unpaired) electrons. The van der Waals surface area contributed by atoms with E-state index in [1.165, 1.54) is 0 Å². The highest BCUT2D eigenvalue weighted by Gasteiger charge is 2.27. The number of likely N-dealkylation sites (N-methyl/N-ethyl adjacent to an activating group) is 1. The predicted octanol–water partition coefficient (Wildman–Crippen LogP) is 2.98. The van der Waals surface area contributed by atoms with Crippen LogP contribution >= 0.6 is 0 Å². The Bertz CT molecular complexity index is 1090. The minimum Gasteiger partial charge on any atom is -0.346 e. The summed E-state index contributed by atoms with van der Waals surface area (Å²) in [6.45, 7) is 5.35. The van der Waals surface area contributed by atoms with Gasteiger partial charge < -0.3 is 20.3 Å². The lowest BCUT2D eigenvalue weighted by Gasteiger charge is -2.24. The number of para-hydroxylation sites is 1. The van der Waals surface area contributed by atoms with Crippen molar-refractivity contribution in [1.29, 1.82) is 0 Å². The zero-order valence-corrected chi connectivity index (χ0v) is 22.6. The molecule has 1 aliphatic rings. The van der Waals surface area contributed by atoms with Crippen molar-refractivity contribution in [2.24, 2.45) is 11.8 Å². The van der Waals surface area contributed by atoms with E-state index in [-0.39, 0.29) is 43.1 Å². The van der Waals surface area contributed by atoms with E-state index in [0.717, 1.165) is 23.2 Å². The summed E-state index contributed by atoms with van der Waals surface area (Å²) in [6.07, 6.45) is 6.56. The van der Waals surface area contributed by atoms with Crippen LogP contribution in [0.1, 0.15) is 44.2 Å². The van der Waals surface area contributed by atoms with Crippen LogP contribution in [-0.2, 0) is 27.2 Å². The van der Waals surface area contributed by atoms with E-state index >= 15 is 0 Å². The van der Waals surface area contributed by atoms with Gasteiger partial charge in [0.05, 0.1) is 12.0 Å². The minimum atomic E-state index is -0.768. The number of hydrogen-bond donors (Lipinski definition) is 2. The smallest absolute Gasteiger partial charge is 0.321 e. The molecular weight excluding hydrogens is 482 g/mol. The monoisotopic (exact) mass is 521 g/mol. The molecule has 1 aliphatic heterocycles. The van der Waals surface area contributed by atoms with Gasteiger partial charge in [-0.2, -0.15) is 0 Å². The van der Waals surface area contributed by atoms with Crippen molar-refractivity contribution >= 4 is 29.8 Å². The number of rotatable bonds is 13. The van der Waals surface area contributed by atoms with Gasteiger partial charge in [-0.25, -0.2) is 4.79 Å². The Kier molecular flexibility index (Phi) is 10.8. The summed E-state index contributed by atoms with van der Waals surface area (Å²) < 4.78 is 0. The predicted molar refractivity (Wildman–Crippen MR) is 147 cm³/mol. The molecule has 9 heteroatoms. The number of aldehydes is 1. The molecule has 0 unspecified atom stereocenters. The van der Waals surface area contributed by atoms with Gasteiger partial charge >= 0.3 is 6.03 Å². The van der Waals surface area contributed by atoms with Crippen LogP contribution in [0.3, 0.4) is 0 Å². The lowest BCUT2D eigenvalue weighted by atomic mass is 9.95. The number of nitrogens with zero attached hydrogens (tertiary/aromatic N) is 3. The zero-order chi connectivity index (χ0) is 27.5. The molecule has 0 aliphatic carbocycles. The van der Waals surface area contributed by atoms with Crippen molar-refractivity contribution < 1.29 is 19.2 Å². The van der Waals surface area contributed by atoms with Gasteiger partial charge in [-0.15, -0.1) is 0 Å². The summed E-state index contributed by atoms with van der Waals surface area (Å²) in [7, 11) is 1.73. The van der Waals surface area contributed by atoms with E-state index in [1.807, 2.05) is 50.2 Å². The quantitative estimate of drug-likeness (QED) is 0.394. The maximum atomic E-state index is 13.1. The average molecular weight is 522 g/mol. The molecule has 2 atom stereocenters. The molecular formula is C29H39N5O4. The Hall–Kier alpha value is -3.75. The average Bonchev–Trinajstić information content (AvgIpc) is 3.36. The molecule has 0 saturated heterocycles. The van der Waals surface area contributed by atoms with Crippen LogP contribution in [0, 0.1) is 11.8 Å². The molecule has 2 heterocycles. The highest BCUT2D eigenvalue weighted by Crippen LogP contribution is 2.27. The van der Waals surface area contributed by atoms with Gasteiger partial charge in [0.15, 0.2) is 0 Å². The first kappa shape index (κ1) is 28.8. The molecule has 0 bridgehead atoms. The number of anilines is 1. The maximum absolute atomic E-state index is 13.1. The minimum absolute atomic E-state index is 0.0861. The van der Waals surface area contributed by atoms with Gasteiger partial charge in [0.2, 0.25) is 11.8 Å². The summed E-state index contributed by atoms with van der Waals surface area (Å²) in [4.78, 5) is 57.6. The van der Waals surface area contributed by atoms with E-state index in [0.29, 0.717) is 32.2 Å². The van der Waals surface area contributed by atoms with E-state index in [4.69, 9.17) is 0 Å². The van der Waals surface area contributed by atoms with E-state index in [1.54, 1.807) is 29.2 Å². The van der Waals surface area contributed by atoms with Crippen LogP contribution in [0.2, 0.25) is 0 Å². The highest BCUT2D eigenvalue weighted by atomic mass is 16.2. The van der Waals surface area contributed by atoms with Crippen molar-refractivity contribution in [2.75, 3.05) is 31.6 Å². The molecule has 2 N–H and O–H groups in total. The van der Waals surface area contributed by atoms with Crippen molar-refractivity contribution in [3.05, 3.63) is 59.9 Å². The summed E-state index contributed by atoms with van der Waals surface area (Å²) in [5.74, 6) is -0.646. The Labute approximate surface area is 225 Å². The number of benzene rings is 1. The first-order valence-electron chi connectivity index (χ1n) is 13.3. The van der Waals surface area contributed by atoms with Crippen molar-refractivity contribution in [3.8, 4) is 0 Å². The lowest BCUT2D eigenvalue weighted by Crippen LogP contribution is -2.47. The third-order valence-electron chi connectivity index (χ3n) is 6.83. The number of amides is 4. The lowest BCUT2D eigenvalue weighted by molar-refractivity contribution is -0.131. The molecule has 9 nitrogen and oxygen atoms in total. The molecule has 4 amide bonds. The number of pyridine rings is 1. The number of nitrogens with one attached hydrogen (secondary N) is 2. The fourth-order valence-corrected chi connectivity index (χ4v) is 4.62. The highest BCUT2D eigenvalue weighted by molar-refractivity contribution is 5.94. The topological polar surface area (TPSA) is 112 Å². The fraction of sp³-hybridized carbons (Fsp3) is 0.483. The second kappa shape index (κ2) is 14.3. The number of carbonyl (C=O) groups excluding carboxylic acids is 4. The number of aromatic nitrogens is 1. The number of carbonyl (C=O) groups is 4. The van der Waals surface area contributed by atoms with Gasteiger partial charge in [0.1, 0.15) is 6.29 Å². The van der Waals surface area contributed by atoms with Gasteiger partial charge in [-0.3, -0.25) is 19.5 Å². The maximum Gasteiger partial charge on any atom is 0.321 e. The van der Waals surface area contributed by atoms with E-state index < -0.39 is 12.0 Å². The van der Waals surface area contributed by atoms with Gasteiger partial charge in [-0.1, -0.05) is 32.0 Å². The van der Waals surface area contributed by atoms with Crippen LogP contribution in [-0.4, -0.2) is 66.7 Å². The summed E-state index contributed by atoms with van der Waals surface area (Å²) in [5, 5.41) is 5.69. The largest absolute Gasteiger partial charge is 0.346 e. The molecule has 3 rings (SSSR count).